The first-order valence-electron chi connectivity index (χ1n) is 38.2. The summed E-state index contributed by atoms with van der Waals surface area (Å²) in [6, 6.07) is -0.997. The molecule has 3 heterocycles. The van der Waals surface area contributed by atoms with Gasteiger partial charge in [-0.25, -0.2) is 0 Å². The van der Waals surface area contributed by atoms with Gasteiger partial charge in [0.25, 0.3) is 0 Å². The first kappa shape index (κ1) is 87.4. The Balaban J connectivity index is 1.32. The maximum atomic E-state index is 13.4. The van der Waals surface area contributed by atoms with Crippen LogP contribution in [0.15, 0.2) is 72.9 Å². The van der Waals surface area contributed by atoms with Gasteiger partial charge in [-0.1, -0.05) is 260 Å². The van der Waals surface area contributed by atoms with E-state index in [0.29, 0.717) is 12.8 Å². The summed E-state index contributed by atoms with van der Waals surface area (Å²) in [7, 11) is 0. The summed E-state index contributed by atoms with van der Waals surface area (Å²) in [4.78, 5) is 13.4. The summed E-state index contributed by atoms with van der Waals surface area (Å²) < 4.78 is 34.3. The fraction of sp³-hybridized carbons (Fsp3) is 0.831. The Kier molecular flexibility index (Phi) is 52.7. The minimum absolute atomic E-state index is 0.232. The van der Waals surface area contributed by atoms with Gasteiger partial charge < -0.3 is 89.9 Å². The number of aliphatic hydroxyl groups excluding tert-OH is 11. The largest absolute Gasteiger partial charge is 0.394 e. The number of nitrogens with one attached hydrogen (secondary N) is 1. The number of aliphatic hydroxyl groups is 11. The van der Waals surface area contributed by atoms with Crippen LogP contribution in [0.5, 0.6) is 0 Å². The zero-order valence-electron chi connectivity index (χ0n) is 59.3. The van der Waals surface area contributed by atoms with Gasteiger partial charge in [-0.3, -0.25) is 4.79 Å². The quantitative estimate of drug-likeness (QED) is 0.0199. The van der Waals surface area contributed by atoms with E-state index in [-0.39, 0.29) is 18.9 Å². The summed E-state index contributed by atoms with van der Waals surface area (Å²) in [6.45, 7) is 1.68. The number of hydrogen-bond donors (Lipinski definition) is 12. The smallest absolute Gasteiger partial charge is 0.220 e. The predicted molar refractivity (Wildman–Crippen MR) is 378 cm³/mol. The predicted octanol–water partition coefficient (Wildman–Crippen LogP) is 11.7. The Morgan fingerprint density at radius 3 is 1.12 bits per heavy atom. The highest BCUT2D eigenvalue weighted by atomic mass is 16.8. The molecule has 0 saturated carbocycles. The molecule has 19 heteroatoms. The molecule has 3 fully saturated rings. The average molecular weight is 1360 g/mol. The molecule has 3 rings (SSSR count). The van der Waals surface area contributed by atoms with Crippen molar-refractivity contribution in [3.63, 3.8) is 0 Å². The second-order valence-electron chi connectivity index (χ2n) is 27.1. The van der Waals surface area contributed by atoms with Crippen molar-refractivity contribution in [3.8, 4) is 0 Å². The molecule has 0 spiro atoms. The molecule has 3 aliphatic rings. The molecule has 17 atom stereocenters. The normalized spacial score (nSPS) is 27.4. The van der Waals surface area contributed by atoms with E-state index in [1.807, 2.05) is 6.08 Å². The van der Waals surface area contributed by atoms with Gasteiger partial charge in [-0.15, -0.1) is 0 Å². The molecule has 3 aliphatic heterocycles. The molecule has 558 valence electrons. The Morgan fingerprint density at radius 1 is 0.375 bits per heavy atom. The van der Waals surface area contributed by atoms with E-state index in [1.54, 1.807) is 6.08 Å². The van der Waals surface area contributed by atoms with Gasteiger partial charge in [-0.05, 0) is 83.5 Å². The van der Waals surface area contributed by atoms with Crippen LogP contribution >= 0.6 is 0 Å². The van der Waals surface area contributed by atoms with Crippen LogP contribution in [0, 0.1) is 0 Å². The zero-order chi connectivity index (χ0) is 69.6. The van der Waals surface area contributed by atoms with Gasteiger partial charge in [0, 0.05) is 6.42 Å². The molecule has 96 heavy (non-hydrogen) atoms. The lowest BCUT2D eigenvalue weighted by atomic mass is 9.96. The van der Waals surface area contributed by atoms with E-state index in [9.17, 15) is 61.0 Å². The molecule has 17 unspecified atom stereocenters. The Morgan fingerprint density at radius 2 is 0.698 bits per heavy atom. The fourth-order valence-corrected chi connectivity index (χ4v) is 12.5. The first-order valence-corrected chi connectivity index (χ1v) is 38.2. The Hall–Kier alpha value is -2.77. The highest BCUT2D eigenvalue weighted by Gasteiger charge is 2.53. The molecule has 19 nitrogen and oxygen atoms in total. The lowest BCUT2D eigenvalue weighted by Crippen LogP contribution is -2.66. The van der Waals surface area contributed by atoms with Crippen molar-refractivity contribution in [3.05, 3.63) is 72.9 Å². The zero-order valence-corrected chi connectivity index (χ0v) is 59.3. The van der Waals surface area contributed by atoms with Gasteiger partial charge >= 0.3 is 0 Å². The minimum atomic E-state index is -1.98. The SMILES string of the molecule is CCCCCC/C=C/CC/C=C/CC/C=C/C(O)C(COC1OC(CO)C(OC2OC(CO)C(OC3OC(CO)C(O)C(O)C3O)C(O)C2O)C(O)C1O)NC(=O)CCCCCCCCCCCCCCCCCCCCCCCC/C=C\C/C=C\C/C=C\CCCCCCC. The van der Waals surface area contributed by atoms with Gasteiger partial charge in [0.05, 0.1) is 38.6 Å². The van der Waals surface area contributed by atoms with Crippen LogP contribution in [0.1, 0.15) is 277 Å². The summed E-state index contributed by atoms with van der Waals surface area (Å²) >= 11 is 0. The van der Waals surface area contributed by atoms with Crippen molar-refractivity contribution >= 4 is 5.91 Å². The summed E-state index contributed by atoms with van der Waals surface area (Å²) in [5.74, 6) is -0.288. The molecule has 1 amide bonds. The van der Waals surface area contributed by atoms with E-state index in [1.165, 1.54) is 186 Å². The van der Waals surface area contributed by atoms with Crippen LogP contribution in [-0.4, -0.2) is 193 Å². The molecule has 0 aromatic heterocycles. The third kappa shape index (κ3) is 38.3. The van der Waals surface area contributed by atoms with Crippen molar-refractivity contribution in [1.29, 1.82) is 0 Å². The molecule has 0 aromatic rings. The monoisotopic (exact) mass is 1360 g/mol. The first-order chi connectivity index (χ1) is 46.8. The number of ether oxygens (including phenoxy) is 6. The Labute approximate surface area is 578 Å². The Bertz CT molecular complexity index is 2020. The van der Waals surface area contributed by atoms with Crippen LogP contribution in [0.25, 0.3) is 0 Å². The summed E-state index contributed by atoms with van der Waals surface area (Å²) in [5.41, 5.74) is 0. The van der Waals surface area contributed by atoms with Crippen LogP contribution in [0.2, 0.25) is 0 Å². The number of amides is 1. The molecule has 0 aliphatic carbocycles. The molecule has 3 saturated heterocycles. The standard InChI is InChI=1S/C77H137NO18/c1-3-5-7-9-11-13-15-17-19-20-21-22-23-24-25-26-27-28-29-30-31-32-33-34-35-36-37-38-39-40-41-43-45-47-49-51-53-55-65(83)78-60(61(82)54-52-50-48-46-44-42-18-16-14-12-10-8-6-4-2)59-91-75-71(89)68(86)73(63(57-80)93-75)96-77-72(90)69(87)74(64(58-81)94-77)95-76-70(88)67(85)66(84)62(56-79)92-76/h14-17,20-21,23-24,44,46,52,54,60-64,66-77,79-82,84-90H,3-13,18-19,22,25-43,45,47-51,53,55-59H2,1-2H3,(H,78,83)/b16-14+,17-15-,21-20-,24-23-,46-44+,54-52+. The van der Waals surface area contributed by atoms with E-state index in [0.717, 1.165) is 57.8 Å². The second-order valence-corrected chi connectivity index (χ2v) is 27.1. The third-order valence-corrected chi connectivity index (χ3v) is 18.7. The summed E-state index contributed by atoms with van der Waals surface area (Å²) in [5, 5.41) is 120. The fourth-order valence-electron chi connectivity index (χ4n) is 12.5. The average Bonchev–Trinajstić information content (AvgIpc) is 0.787. The van der Waals surface area contributed by atoms with Crippen molar-refractivity contribution in [2.24, 2.45) is 0 Å². The topological polar surface area (TPSA) is 307 Å². The van der Waals surface area contributed by atoms with Crippen molar-refractivity contribution < 1.29 is 89.4 Å². The van der Waals surface area contributed by atoms with Crippen LogP contribution < -0.4 is 5.32 Å². The van der Waals surface area contributed by atoms with Gasteiger partial charge in [0.15, 0.2) is 18.9 Å². The highest BCUT2D eigenvalue weighted by Crippen LogP contribution is 2.33. The number of unbranched alkanes of at least 4 members (excludes halogenated alkanes) is 33. The van der Waals surface area contributed by atoms with Crippen LogP contribution in [-0.2, 0) is 33.2 Å². The van der Waals surface area contributed by atoms with Crippen LogP contribution in [0.4, 0.5) is 0 Å². The molecular formula is C77H137NO18. The number of allylic oxidation sites excluding steroid dienone is 11. The van der Waals surface area contributed by atoms with E-state index in [4.69, 9.17) is 28.4 Å². The van der Waals surface area contributed by atoms with E-state index in [2.05, 4.69) is 79.9 Å². The molecule has 0 aromatic carbocycles. The van der Waals surface area contributed by atoms with E-state index < -0.39 is 124 Å². The number of carbonyl (C=O) groups is 1. The van der Waals surface area contributed by atoms with Crippen molar-refractivity contribution in [2.75, 3.05) is 26.4 Å². The van der Waals surface area contributed by atoms with E-state index >= 15 is 0 Å². The molecular weight excluding hydrogens is 1230 g/mol. The molecule has 0 bridgehead atoms. The minimum Gasteiger partial charge on any atom is -0.394 e. The molecule has 12 N–H and O–H groups in total. The highest BCUT2D eigenvalue weighted by molar-refractivity contribution is 5.76. The lowest BCUT2D eigenvalue weighted by Gasteiger charge is -2.48. The maximum absolute atomic E-state index is 13.4. The van der Waals surface area contributed by atoms with Crippen molar-refractivity contribution in [1.82, 2.24) is 5.32 Å². The summed E-state index contributed by atoms with van der Waals surface area (Å²) in [6.07, 6.45) is 47.7. The van der Waals surface area contributed by atoms with Crippen LogP contribution in [0.3, 0.4) is 0 Å². The number of hydrogen-bond acceptors (Lipinski definition) is 18. The van der Waals surface area contributed by atoms with Gasteiger partial charge in [-0.2, -0.15) is 0 Å². The third-order valence-electron chi connectivity index (χ3n) is 18.7. The number of rotatable bonds is 59. The van der Waals surface area contributed by atoms with Gasteiger partial charge in [0.2, 0.25) is 5.91 Å². The van der Waals surface area contributed by atoms with Crippen molar-refractivity contribution in [2.45, 2.75) is 381 Å². The second kappa shape index (κ2) is 57.8. The maximum Gasteiger partial charge on any atom is 0.220 e. The van der Waals surface area contributed by atoms with Gasteiger partial charge in [0.1, 0.15) is 73.2 Å². The number of carbonyl (C=O) groups excluding carboxylic acids is 1. The lowest BCUT2D eigenvalue weighted by molar-refractivity contribution is -0.379. The molecule has 0 radical (unpaired) electrons.